The van der Waals surface area contributed by atoms with Gasteiger partial charge in [-0.2, -0.15) is 0 Å². The molecule has 0 bridgehead atoms. The summed E-state index contributed by atoms with van der Waals surface area (Å²) in [5, 5.41) is 1.44. The van der Waals surface area contributed by atoms with Gasteiger partial charge in [0.05, 0.1) is 31.9 Å². The molecule has 0 N–H and O–H groups in total. The Bertz CT molecular complexity index is 1180. The van der Waals surface area contributed by atoms with Crippen LogP contribution in [0.2, 0.25) is 0 Å². The summed E-state index contributed by atoms with van der Waals surface area (Å²) in [4.78, 5) is 27.3. The molecule has 0 aliphatic carbocycles. The average Bonchev–Trinajstić information content (AvgIpc) is 3.06. The lowest BCUT2D eigenvalue weighted by Crippen LogP contribution is -2.28. The van der Waals surface area contributed by atoms with Crippen molar-refractivity contribution >= 4 is 45.4 Å². The monoisotopic (exact) mass is 421 g/mol. The van der Waals surface area contributed by atoms with Gasteiger partial charge in [-0.15, -0.1) is 0 Å². The third-order valence-electron chi connectivity index (χ3n) is 4.85. The highest BCUT2D eigenvalue weighted by molar-refractivity contribution is 8.19. The first kappa shape index (κ1) is 19.8. The highest BCUT2D eigenvalue weighted by Gasteiger charge is 2.38. The van der Waals surface area contributed by atoms with Crippen molar-refractivity contribution in [3.05, 3.63) is 65.1 Å². The highest BCUT2D eigenvalue weighted by Crippen LogP contribution is 2.41. The van der Waals surface area contributed by atoms with Crippen LogP contribution >= 0.6 is 11.8 Å². The second-order valence-corrected chi connectivity index (χ2v) is 7.45. The zero-order valence-electron chi connectivity index (χ0n) is 16.7. The Morgan fingerprint density at radius 3 is 2.33 bits per heavy atom. The Morgan fingerprint density at radius 2 is 1.60 bits per heavy atom. The number of methoxy groups -OCH3 is 3. The number of rotatable bonds is 5. The number of fused-ring (bicyclic) bond motifs is 1. The number of nitrogens with zero attached hydrogens (tertiary/aromatic N) is 1. The minimum Gasteiger partial charge on any atom is -0.497 e. The Morgan fingerprint density at radius 1 is 0.867 bits per heavy atom. The van der Waals surface area contributed by atoms with E-state index in [4.69, 9.17) is 14.2 Å². The Balaban J connectivity index is 1.83. The van der Waals surface area contributed by atoms with Crippen molar-refractivity contribution in [2.75, 3.05) is 26.2 Å². The molecule has 1 fully saturated rings. The number of imide groups is 1. The van der Waals surface area contributed by atoms with Crippen LogP contribution in [0.25, 0.3) is 16.8 Å². The molecule has 0 radical (unpaired) electrons. The lowest BCUT2D eigenvalue weighted by Gasteiger charge is -2.15. The van der Waals surface area contributed by atoms with E-state index >= 15 is 0 Å². The number of para-hydroxylation sites is 2. The van der Waals surface area contributed by atoms with Crippen LogP contribution in [-0.2, 0) is 4.79 Å². The predicted octanol–water partition coefficient (Wildman–Crippen LogP) is 5.11. The molecule has 0 saturated carbocycles. The first-order valence-electron chi connectivity index (χ1n) is 9.13. The molecule has 0 aromatic heterocycles. The Labute approximate surface area is 178 Å². The number of ether oxygens (including phenoxy) is 3. The summed E-state index contributed by atoms with van der Waals surface area (Å²) < 4.78 is 16.2. The van der Waals surface area contributed by atoms with E-state index in [2.05, 4.69) is 0 Å². The van der Waals surface area contributed by atoms with E-state index < -0.39 is 5.91 Å². The average molecular weight is 421 g/mol. The van der Waals surface area contributed by atoms with Crippen LogP contribution in [0.15, 0.2) is 59.5 Å². The maximum Gasteiger partial charge on any atom is 0.298 e. The molecule has 1 aliphatic rings. The zero-order valence-corrected chi connectivity index (χ0v) is 17.5. The van der Waals surface area contributed by atoms with Crippen LogP contribution in [-0.4, -0.2) is 32.5 Å². The van der Waals surface area contributed by atoms with Crippen LogP contribution < -0.4 is 19.1 Å². The highest BCUT2D eigenvalue weighted by atomic mass is 32.2. The Hall–Kier alpha value is -3.45. The zero-order chi connectivity index (χ0) is 21.3. The predicted molar refractivity (Wildman–Crippen MR) is 118 cm³/mol. The molecule has 0 unspecified atom stereocenters. The molecule has 152 valence electrons. The van der Waals surface area contributed by atoms with Gasteiger partial charge in [0.1, 0.15) is 17.2 Å². The summed E-state index contributed by atoms with van der Waals surface area (Å²) in [6.45, 7) is 0. The fourth-order valence-corrected chi connectivity index (χ4v) is 4.19. The first-order valence-corrected chi connectivity index (χ1v) is 9.94. The minimum atomic E-state index is -0.406. The van der Waals surface area contributed by atoms with Gasteiger partial charge in [0, 0.05) is 5.56 Å². The standard InChI is InChI=1S/C23H19NO5S/c1-27-15-10-8-14-9-11-19(28-2)17(16(14)12-15)13-21-22(25)24(23(26)30-21)18-6-4-5-7-20(18)29-3/h4-13H,1-3H3/b21-13-. The molecule has 0 atom stereocenters. The van der Waals surface area contributed by atoms with Crippen molar-refractivity contribution in [3.8, 4) is 17.2 Å². The van der Waals surface area contributed by atoms with E-state index in [-0.39, 0.29) is 5.24 Å². The van der Waals surface area contributed by atoms with Crippen molar-refractivity contribution in [1.82, 2.24) is 0 Å². The van der Waals surface area contributed by atoms with Crippen molar-refractivity contribution in [3.63, 3.8) is 0 Å². The van der Waals surface area contributed by atoms with Crippen LogP contribution in [0, 0.1) is 0 Å². The van der Waals surface area contributed by atoms with Crippen molar-refractivity contribution in [2.45, 2.75) is 0 Å². The van der Waals surface area contributed by atoms with Crippen LogP contribution in [0.3, 0.4) is 0 Å². The number of benzene rings is 3. The van der Waals surface area contributed by atoms with Gasteiger partial charge in [0.2, 0.25) is 0 Å². The summed E-state index contributed by atoms with van der Waals surface area (Å²) in [6, 6.07) is 16.4. The van der Waals surface area contributed by atoms with Crippen LogP contribution in [0.1, 0.15) is 5.56 Å². The third-order valence-corrected chi connectivity index (χ3v) is 5.72. The van der Waals surface area contributed by atoms with Crippen LogP contribution in [0.4, 0.5) is 10.5 Å². The fraction of sp³-hybridized carbons (Fsp3) is 0.130. The number of carbonyl (C=O) groups excluding carboxylic acids is 2. The maximum absolute atomic E-state index is 13.1. The van der Waals surface area contributed by atoms with Gasteiger partial charge in [-0.25, -0.2) is 4.90 Å². The fourth-order valence-electron chi connectivity index (χ4n) is 3.38. The van der Waals surface area contributed by atoms with Gasteiger partial charge < -0.3 is 14.2 Å². The molecule has 1 aliphatic heterocycles. The van der Waals surface area contributed by atoms with Gasteiger partial charge in [0.25, 0.3) is 11.1 Å². The Kier molecular flexibility index (Phi) is 5.37. The van der Waals surface area contributed by atoms with E-state index in [0.29, 0.717) is 33.4 Å². The van der Waals surface area contributed by atoms with Crippen molar-refractivity contribution in [2.24, 2.45) is 0 Å². The number of amides is 2. The molecular formula is C23H19NO5S. The second kappa shape index (κ2) is 8.12. The molecule has 3 aromatic rings. The largest absolute Gasteiger partial charge is 0.497 e. The lowest BCUT2D eigenvalue weighted by atomic mass is 10.0. The summed E-state index contributed by atoms with van der Waals surface area (Å²) in [5.74, 6) is 1.33. The maximum atomic E-state index is 13.1. The smallest absolute Gasteiger partial charge is 0.298 e. The van der Waals surface area contributed by atoms with E-state index in [0.717, 1.165) is 27.4 Å². The number of carbonyl (C=O) groups is 2. The number of hydrogen-bond donors (Lipinski definition) is 0. The number of anilines is 1. The summed E-state index contributed by atoms with van der Waals surface area (Å²) in [5.41, 5.74) is 1.12. The molecule has 2 amide bonds. The lowest BCUT2D eigenvalue weighted by molar-refractivity contribution is -0.113. The van der Waals surface area contributed by atoms with Gasteiger partial charge in [-0.3, -0.25) is 9.59 Å². The SMILES string of the molecule is COc1ccc2ccc(OC)c(/C=C3\SC(=O)N(c4ccccc4OC)C3=O)c2c1. The van der Waals surface area contributed by atoms with Gasteiger partial charge >= 0.3 is 0 Å². The van der Waals surface area contributed by atoms with E-state index in [1.807, 2.05) is 30.3 Å². The molecule has 30 heavy (non-hydrogen) atoms. The van der Waals surface area contributed by atoms with E-state index in [1.165, 1.54) is 7.11 Å². The topological polar surface area (TPSA) is 65.1 Å². The summed E-state index contributed by atoms with van der Waals surface area (Å²) in [6.07, 6.45) is 1.70. The van der Waals surface area contributed by atoms with E-state index in [1.54, 1.807) is 44.6 Å². The summed E-state index contributed by atoms with van der Waals surface area (Å²) in [7, 11) is 4.67. The molecule has 7 heteroatoms. The molecule has 3 aromatic carbocycles. The molecule has 6 nitrogen and oxygen atoms in total. The minimum absolute atomic E-state index is 0.305. The van der Waals surface area contributed by atoms with Gasteiger partial charge in [0.15, 0.2) is 0 Å². The van der Waals surface area contributed by atoms with Crippen molar-refractivity contribution in [1.29, 1.82) is 0 Å². The summed E-state index contributed by atoms with van der Waals surface area (Å²) >= 11 is 0.885. The molecular weight excluding hydrogens is 402 g/mol. The molecule has 1 saturated heterocycles. The molecule has 4 rings (SSSR count). The van der Waals surface area contributed by atoms with E-state index in [9.17, 15) is 9.59 Å². The van der Waals surface area contributed by atoms with Crippen LogP contribution in [0.5, 0.6) is 17.2 Å². The molecule has 0 spiro atoms. The third kappa shape index (κ3) is 3.37. The number of hydrogen-bond acceptors (Lipinski definition) is 6. The normalized spacial score (nSPS) is 15.2. The van der Waals surface area contributed by atoms with Crippen molar-refractivity contribution < 1.29 is 23.8 Å². The van der Waals surface area contributed by atoms with Gasteiger partial charge in [-0.05, 0) is 58.9 Å². The molecule has 1 heterocycles. The first-order chi connectivity index (χ1) is 14.6. The quantitative estimate of drug-likeness (QED) is 0.534. The van der Waals surface area contributed by atoms with Gasteiger partial charge in [-0.1, -0.05) is 24.3 Å². The second-order valence-electron chi connectivity index (χ2n) is 6.46. The number of thioether (sulfide) groups is 1.